The smallest absolute Gasteiger partial charge is 0.127 e. The fourth-order valence-corrected chi connectivity index (χ4v) is 2.81. The highest BCUT2D eigenvalue weighted by Crippen LogP contribution is 2.36. The van der Waals surface area contributed by atoms with Crippen molar-refractivity contribution < 1.29 is 4.74 Å². The minimum atomic E-state index is 0.145. The summed E-state index contributed by atoms with van der Waals surface area (Å²) in [4.78, 5) is 4.45. The second kappa shape index (κ2) is 6.27. The molecule has 3 nitrogen and oxygen atoms in total. The Morgan fingerprint density at radius 1 is 1.29 bits per heavy atom. The van der Waals surface area contributed by atoms with Crippen molar-refractivity contribution in [3.8, 4) is 5.75 Å². The van der Waals surface area contributed by atoms with Crippen LogP contribution in [0, 0.1) is 6.92 Å². The van der Waals surface area contributed by atoms with Gasteiger partial charge in [-0.2, -0.15) is 0 Å². The largest absolute Gasteiger partial charge is 0.493 e. The maximum Gasteiger partial charge on any atom is 0.127 e. The SMILES string of the molecule is CCCNC(c1ccc(C)nc1)c1cccc2c1OCC2. The summed E-state index contributed by atoms with van der Waals surface area (Å²) in [6, 6.07) is 10.8. The molecule has 110 valence electrons. The van der Waals surface area contributed by atoms with Crippen molar-refractivity contribution in [3.05, 3.63) is 58.9 Å². The van der Waals surface area contributed by atoms with Crippen LogP contribution in [0.3, 0.4) is 0 Å². The summed E-state index contributed by atoms with van der Waals surface area (Å²) in [5.74, 6) is 1.06. The summed E-state index contributed by atoms with van der Waals surface area (Å²) < 4.78 is 5.88. The van der Waals surface area contributed by atoms with Crippen LogP contribution in [0.15, 0.2) is 36.5 Å². The minimum Gasteiger partial charge on any atom is -0.493 e. The molecular formula is C18H22N2O. The molecule has 1 N–H and O–H groups in total. The van der Waals surface area contributed by atoms with Gasteiger partial charge < -0.3 is 10.1 Å². The van der Waals surface area contributed by atoms with Crippen LogP contribution in [-0.2, 0) is 6.42 Å². The third-order valence-corrected chi connectivity index (χ3v) is 3.92. The number of rotatable bonds is 5. The number of nitrogens with one attached hydrogen (secondary N) is 1. The van der Waals surface area contributed by atoms with Crippen molar-refractivity contribution in [3.63, 3.8) is 0 Å². The highest BCUT2D eigenvalue weighted by atomic mass is 16.5. The first-order valence-corrected chi connectivity index (χ1v) is 7.70. The van der Waals surface area contributed by atoms with Crippen LogP contribution in [-0.4, -0.2) is 18.1 Å². The Morgan fingerprint density at radius 3 is 2.95 bits per heavy atom. The molecule has 2 aromatic rings. The molecule has 0 aliphatic carbocycles. The Bertz CT molecular complexity index is 607. The normalized spacial score (nSPS) is 14.6. The van der Waals surface area contributed by atoms with Crippen LogP contribution >= 0.6 is 0 Å². The summed E-state index contributed by atoms with van der Waals surface area (Å²) in [7, 11) is 0. The minimum absolute atomic E-state index is 0.145. The van der Waals surface area contributed by atoms with Gasteiger partial charge in [0.15, 0.2) is 0 Å². The van der Waals surface area contributed by atoms with Crippen LogP contribution in [0.25, 0.3) is 0 Å². The lowest BCUT2D eigenvalue weighted by atomic mass is 9.96. The zero-order chi connectivity index (χ0) is 14.7. The quantitative estimate of drug-likeness (QED) is 0.912. The molecule has 21 heavy (non-hydrogen) atoms. The maximum atomic E-state index is 5.88. The Hall–Kier alpha value is -1.87. The number of aromatic nitrogens is 1. The van der Waals surface area contributed by atoms with E-state index in [1.807, 2.05) is 13.1 Å². The molecule has 0 bridgehead atoms. The van der Waals surface area contributed by atoms with Crippen LogP contribution in [0.2, 0.25) is 0 Å². The van der Waals surface area contributed by atoms with Crippen molar-refractivity contribution >= 4 is 0 Å². The lowest BCUT2D eigenvalue weighted by Crippen LogP contribution is -2.23. The van der Waals surface area contributed by atoms with Crippen molar-refractivity contribution in [1.29, 1.82) is 0 Å². The Labute approximate surface area is 126 Å². The van der Waals surface area contributed by atoms with E-state index in [9.17, 15) is 0 Å². The van der Waals surface area contributed by atoms with Gasteiger partial charge >= 0.3 is 0 Å². The standard InChI is InChI=1S/C18H22N2O/c1-3-10-19-17(15-8-7-13(2)20-12-15)16-6-4-5-14-9-11-21-18(14)16/h4-8,12,17,19H,3,9-11H2,1-2H3. The van der Waals surface area contributed by atoms with E-state index in [1.54, 1.807) is 0 Å². The van der Waals surface area contributed by atoms with E-state index in [4.69, 9.17) is 4.74 Å². The molecule has 1 aliphatic heterocycles. The highest BCUT2D eigenvalue weighted by molar-refractivity contribution is 5.48. The molecule has 0 amide bonds. The van der Waals surface area contributed by atoms with Gasteiger partial charge in [-0.05, 0) is 37.1 Å². The number of pyridine rings is 1. The number of hydrogen-bond donors (Lipinski definition) is 1. The van der Waals surface area contributed by atoms with E-state index in [-0.39, 0.29) is 6.04 Å². The molecule has 1 atom stereocenters. The zero-order valence-corrected chi connectivity index (χ0v) is 12.7. The molecule has 0 saturated carbocycles. The number of fused-ring (bicyclic) bond motifs is 1. The summed E-state index contributed by atoms with van der Waals surface area (Å²) in [6.07, 6.45) is 4.08. The topological polar surface area (TPSA) is 34.2 Å². The van der Waals surface area contributed by atoms with Crippen LogP contribution in [0.1, 0.15) is 41.8 Å². The average Bonchev–Trinajstić information content (AvgIpc) is 2.98. The molecule has 1 aromatic heterocycles. The van der Waals surface area contributed by atoms with Crippen LogP contribution < -0.4 is 10.1 Å². The lowest BCUT2D eigenvalue weighted by Gasteiger charge is -2.21. The summed E-state index contributed by atoms with van der Waals surface area (Å²) in [5, 5.41) is 3.63. The first kappa shape index (κ1) is 14.1. The predicted octanol–water partition coefficient (Wildman–Crippen LogP) is 3.41. The van der Waals surface area contributed by atoms with E-state index < -0.39 is 0 Å². The molecule has 2 heterocycles. The van der Waals surface area contributed by atoms with Gasteiger partial charge in [-0.15, -0.1) is 0 Å². The van der Waals surface area contributed by atoms with Gasteiger partial charge in [0, 0.05) is 23.9 Å². The number of hydrogen-bond acceptors (Lipinski definition) is 3. The van der Waals surface area contributed by atoms with Gasteiger partial charge in [0.2, 0.25) is 0 Å². The van der Waals surface area contributed by atoms with E-state index in [1.165, 1.54) is 16.7 Å². The van der Waals surface area contributed by atoms with Gasteiger partial charge in [-0.25, -0.2) is 0 Å². The molecule has 0 saturated heterocycles. The third kappa shape index (κ3) is 2.93. The van der Waals surface area contributed by atoms with E-state index in [2.05, 4.69) is 47.6 Å². The molecule has 0 fully saturated rings. The van der Waals surface area contributed by atoms with Crippen LogP contribution in [0.5, 0.6) is 5.75 Å². The van der Waals surface area contributed by atoms with Gasteiger partial charge in [0.1, 0.15) is 5.75 Å². The summed E-state index contributed by atoms with van der Waals surface area (Å²) in [5.41, 5.74) is 4.78. The monoisotopic (exact) mass is 282 g/mol. The molecule has 3 heteroatoms. The molecule has 3 rings (SSSR count). The molecule has 1 unspecified atom stereocenters. The Morgan fingerprint density at radius 2 is 2.19 bits per heavy atom. The highest BCUT2D eigenvalue weighted by Gasteiger charge is 2.23. The maximum absolute atomic E-state index is 5.88. The van der Waals surface area contributed by atoms with Gasteiger partial charge in [-0.3, -0.25) is 4.98 Å². The van der Waals surface area contributed by atoms with Gasteiger partial charge in [0.25, 0.3) is 0 Å². The number of benzene rings is 1. The number of aryl methyl sites for hydroxylation is 1. The van der Waals surface area contributed by atoms with E-state index in [0.717, 1.165) is 37.4 Å². The second-order valence-corrected chi connectivity index (χ2v) is 5.55. The molecule has 1 aromatic carbocycles. The summed E-state index contributed by atoms with van der Waals surface area (Å²) in [6.45, 7) is 5.96. The first-order valence-electron chi connectivity index (χ1n) is 7.70. The van der Waals surface area contributed by atoms with Gasteiger partial charge in [0.05, 0.1) is 12.6 Å². The Kier molecular flexibility index (Phi) is 4.20. The van der Waals surface area contributed by atoms with E-state index >= 15 is 0 Å². The van der Waals surface area contributed by atoms with Crippen molar-refractivity contribution in [2.45, 2.75) is 32.7 Å². The lowest BCUT2D eigenvalue weighted by molar-refractivity contribution is 0.350. The molecular weight excluding hydrogens is 260 g/mol. The molecule has 0 radical (unpaired) electrons. The molecule has 1 aliphatic rings. The fraction of sp³-hybridized carbons (Fsp3) is 0.389. The third-order valence-electron chi connectivity index (χ3n) is 3.92. The van der Waals surface area contributed by atoms with Crippen molar-refractivity contribution in [2.24, 2.45) is 0 Å². The summed E-state index contributed by atoms with van der Waals surface area (Å²) >= 11 is 0. The van der Waals surface area contributed by atoms with Gasteiger partial charge in [-0.1, -0.05) is 31.2 Å². The first-order chi connectivity index (χ1) is 10.3. The average molecular weight is 282 g/mol. The Balaban J connectivity index is 1.99. The zero-order valence-electron chi connectivity index (χ0n) is 12.7. The van der Waals surface area contributed by atoms with Crippen molar-refractivity contribution in [2.75, 3.05) is 13.2 Å². The number of para-hydroxylation sites is 1. The predicted molar refractivity (Wildman–Crippen MR) is 84.8 cm³/mol. The fourth-order valence-electron chi connectivity index (χ4n) is 2.81. The second-order valence-electron chi connectivity index (χ2n) is 5.55. The van der Waals surface area contributed by atoms with Crippen LogP contribution in [0.4, 0.5) is 0 Å². The molecule has 0 spiro atoms. The van der Waals surface area contributed by atoms with E-state index in [0.29, 0.717) is 0 Å². The van der Waals surface area contributed by atoms with Crippen molar-refractivity contribution in [1.82, 2.24) is 10.3 Å². The number of ether oxygens (including phenoxy) is 1. The number of nitrogens with zero attached hydrogens (tertiary/aromatic N) is 1.